The van der Waals surface area contributed by atoms with Crippen LogP contribution in [-0.2, 0) is 0 Å². The van der Waals surface area contributed by atoms with Gasteiger partial charge >= 0.3 is 0 Å². The average Bonchev–Trinajstić information content (AvgIpc) is 2.40. The van der Waals surface area contributed by atoms with Gasteiger partial charge < -0.3 is 4.74 Å². The van der Waals surface area contributed by atoms with Crippen molar-refractivity contribution >= 4 is 5.78 Å². The van der Waals surface area contributed by atoms with Crippen molar-refractivity contribution in [1.82, 2.24) is 4.98 Å². The molecule has 1 aromatic carbocycles. The summed E-state index contributed by atoms with van der Waals surface area (Å²) in [6.07, 6.45) is 1.53. The van der Waals surface area contributed by atoms with E-state index in [0.717, 1.165) is 0 Å². The molecule has 1 heterocycles. The second kappa shape index (κ2) is 5.41. The number of hydrogen-bond acceptors (Lipinski definition) is 3. The van der Waals surface area contributed by atoms with Crippen LogP contribution in [0.1, 0.15) is 31.1 Å². The summed E-state index contributed by atoms with van der Waals surface area (Å²) in [5.74, 6) is 0.469. The van der Waals surface area contributed by atoms with Crippen molar-refractivity contribution in [3.8, 4) is 11.6 Å². The highest BCUT2D eigenvalue weighted by molar-refractivity contribution is 5.99. The Balaban J connectivity index is 2.22. The summed E-state index contributed by atoms with van der Waals surface area (Å²) in [4.78, 5) is 16.2. The van der Waals surface area contributed by atoms with E-state index in [1.807, 2.05) is 20.8 Å². The number of Topliss-reactive ketones (excluding diaryl/α,β-unsaturated/α-hetero) is 1. The van der Waals surface area contributed by atoms with Crippen LogP contribution in [0.3, 0.4) is 0 Å². The second-order valence-corrected chi connectivity index (χ2v) is 5.52. The van der Waals surface area contributed by atoms with Crippen LogP contribution in [0.5, 0.6) is 11.6 Å². The van der Waals surface area contributed by atoms with E-state index >= 15 is 0 Å². The standard InChI is InChI=1S/C16H16FNO2/c1-16(2,3)15(19)11-8-9-18-14(10-11)20-13-6-4-12(17)5-7-13/h4-10H,1-3H3. The van der Waals surface area contributed by atoms with E-state index in [1.54, 1.807) is 12.1 Å². The number of rotatable bonds is 3. The van der Waals surface area contributed by atoms with Crippen molar-refractivity contribution in [2.24, 2.45) is 5.41 Å². The normalized spacial score (nSPS) is 11.2. The molecule has 0 aliphatic rings. The van der Waals surface area contributed by atoms with E-state index < -0.39 is 5.41 Å². The number of pyridine rings is 1. The van der Waals surface area contributed by atoms with Gasteiger partial charge in [0.25, 0.3) is 0 Å². The molecule has 0 spiro atoms. The molecule has 104 valence electrons. The molecular formula is C16H16FNO2. The molecule has 0 fully saturated rings. The van der Waals surface area contributed by atoms with E-state index in [0.29, 0.717) is 17.2 Å². The Morgan fingerprint density at radius 1 is 1.15 bits per heavy atom. The molecule has 0 bridgehead atoms. The highest BCUT2D eigenvalue weighted by atomic mass is 19.1. The van der Waals surface area contributed by atoms with Crippen LogP contribution in [0, 0.1) is 11.2 Å². The minimum atomic E-state index is -0.464. The molecular weight excluding hydrogens is 257 g/mol. The lowest BCUT2D eigenvalue weighted by Crippen LogP contribution is -2.20. The number of aromatic nitrogens is 1. The van der Waals surface area contributed by atoms with Gasteiger partial charge in [0.05, 0.1) is 0 Å². The number of hydrogen-bond donors (Lipinski definition) is 0. The Morgan fingerprint density at radius 2 is 1.80 bits per heavy atom. The maximum atomic E-state index is 12.8. The summed E-state index contributed by atoms with van der Waals surface area (Å²) >= 11 is 0. The first-order valence-corrected chi connectivity index (χ1v) is 6.30. The third-order valence-corrected chi connectivity index (χ3v) is 2.71. The van der Waals surface area contributed by atoms with Gasteiger partial charge in [-0.05, 0) is 30.3 Å². The van der Waals surface area contributed by atoms with Crippen LogP contribution in [-0.4, -0.2) is 10.8 Å². The summed E-state index contributed by atoms with van der Waals surface area (Å²) in [6, 6.07) is 8.88. The number of benzene rings is 1. The quantitative estimate of drug-likeness (QED) is 0.785. The number of halogens is 1. The molecule has 20 heavy (non-hydrogen) atoms. The monoisotopic (exact) mass is 273 g/mol. The summed E-state index contributed by atoms with van der Waals surface area (Å²) < 4.78 is 18.3. The minimum Gasteiger partial charge on any atom is -0.439 e. The molecule has 0 saturated carbocycles. The van der Waals surface area contributed by atoms with Gasteiger partial charge in [-0.25, -0.2) is 9.37 Å². The summed E-state index contributed by atoms with van der Waals surface area (Å²) in [7, 11) is 0. The van der Waals surface area contributed by atoms with E-state index in [9.17, 15) is 9.18 Å². The third kappa shape index (κ3) is 3.41. The van der Waals surface area contributed by atoms with Gasteiger partial charge in [-0.15, -0.1) is 0 Å². The number of ketones is 1. The lowest BCUT2D eigenvalue weighted by Gasteiger charge is -2.16. The number of nitrogens with zero attached hydrogens (tertiary/aromatic N) is 1. The van der Waals surface area contributed by atoms with Crippen molar-refractivity contribution in [3.63, 3.8) is 0 Å². The van der Waals surface area contributed by atoms with Gasteiger partial charge in [0.1, 0.15) is 11.6 Å². The van der Waals surface area contributed by atoms with E-state index in [4.69, 9.17) is 4.74 Å². The molecule has 4 heteroatoms. The Bertz CT molecular complexity index is 615. The van der Waals surface area contributed by atoms with Crippen LogP contribution >= 0.6 is 0 Å². The first-order valence-electron chi connectivity index (χ1n) is 6.30. The molecule has 0 saturated heterocycles. The van der Waals surface area contributed by atoms with Crippen molar-refractivity contribution in [3.05, 3.63) is 54.0 Å². The average molecular weight is 273 g/mol. The largest absolute Gasteiger partial charge is 0.439 e. The molecule has 1 aromatic heterocycles. The minimum absolute atomic E-state index is 0.0175. The van der Waals surface area contributed by atoms with Crippen LogP contribution in [0.15, 0.2) is 42.6 Å². The first-order chi connectivity index (χ1) is 9.36. The molecule has 0 N–H and O–H groups in total. The van der Waals surface area contributed by atoms with E-state index in [2.05, 4.69) is 4.98 Å². The molecule has 0 atom stereocenters. The van der Waals surface area contributed by atoms with E-state index in [-0.39, 0.29) is 11.6 Å². The Labute approximate surface area is 117 Å². The fraction of sp³-hybridized carbons (Fsp3) is 0.250. The zero-order chi connectivity index (χ0) is 14.8. The zero-order valence-electron chi connectivity index (χ0n) is 11.7. The van der Waals surface area contributed by atoms with Crippen molar-refractivity contribution < 1.29 is 13.9 Å². The molecule has 0 radical (unpaired) electrons. The number of carbonyl (C=O) groups excluding carboxylic acids is 1. The SMILES string of the molecule is CC(C)(C)C(=O)c1ccnc(Oc2ccc(F)cc2)c1. The molecule has 2 rings (SSSR count). The Kier molecular flexibility index (Phi) is 3.84. The summed E-state index contributed by atoms with van der Waals surface area (Å²) in [5, 5.41) is 0. The van der Waals surface area contributed by atoms with Crippen LogP contribution in [0.2, 0.25) is 0 Å². The van der Waals surface area contributed by atoms with Crippen LogP contribution in [0.4, 0.5) is 4.39 Å². The number of ether oxygens (including phenoxy) is 1. The van der Waals surface area contributed by atoms with Crippen molar-refractivity contribution in [2.45, 2.75) is 20.8 Å². The fourth-order valence-corrected chi connectivity index (χ4v) is 1.66. The highest BCUT2D eigenvalue weighted by Gasteiger charge is 2.23. The van der Waals surface area contributed by atoms with Gasteiger partial charge in [-0.3, -0.25) is 4.79 Å². The topological polar surface area (TPSA) is 39.2 Å². The molecule has 0 aliphatic carbocycles. The van der Waals surface area contributed by atoms with Crippen LogP contribution < -0.4 is 4.74 Å². The maximum absolute atomic E-state index is 12.8. The number of carbonyl (C=O) groups is 1. The van der Waals surface area contributed by atoms with Gasteiger partial charge in [0, 0.05) is 23.2 Å². The molecule has 2 aromatic rings. The summed E-state index contributed by atoms with van der Waals surface area (Å²) in [6.45, 7) is 5.57. The maximum Gasteiger partial charge on any atom is 0.219 e. The lowest BCUT2D eigenvalue weighted by molar-refractivity contribution is 0.0858. The van der Waals surface area contributed by atoms with Gasteiger partial charge in [0.2, 0.25) is 5.88 Å². The first kappa shape index (κ1) is 14.2. The van der Waals surface area contributed by atoms with Gasteiger partial charge in [0.15, 0.2) is 5.78 Å². The summed E-state index contributed by atoms with van der Waals surface area (Å²) in [5.41, 5.74) is 0.0821. The van der Waals surface area contributed by atoms with Crippen LogP contribution in [0.25, 0.3) is 0 Å². The second-order valence-electron chi connectivity index (χ2n) is 5.52. The fourth-order valence-electron chi connectivity index (χ4n) is 1.66. The molecule has 0 unspecified atom stereocenters. The van der Waals surface area contributed by atoms with Gasteiger partial charge in [-0.2, -0.15) is 0 Å². The molecule has 3 nitrogen and oxygen atoms in total. The van der Waals surface area contributed by atoms with Gasteiger partial charge in [-0.1, -0.05) is 20.8 Å². The predicted octanol–water partition coefficient (Wildman–Crippen LogP) is 4.24. The van der Waals surface area contributed by atoms with E-state index in [1.165, 1.54) is 30.5 Å². The van der Waals surface area contributed by atoms with Crippen molar-refractivity contribution in [2.75, 3.05) is 0 Å². The van der Waals surface area contributed by atoms with Crippen molar-refractivity contribution in [1.29, 1.82) is 0 Å². The smallest absolute Gasteiger partial charge is 0.219 e. The Morgan fingerprint density at radius 3 is 2.40 bits per heavy atom. The zero-order valence-corrected chi connectivity index (χ0v) is 11.7. The Hall–Kier alpha value is -2.23. The highest BCUT2D eigenvalue weighted by Crippen LogP contribution is 2.24. The predicted molar refractivity (Wildman–Crippen MR) is 74.5 cm³/mol. The molecule has 0 amide bonds. The molecule has 0 aliphatic heterocycles. The third-order valence-electron chi connectivity index (χ3n) is 2.71. The lowest BCUT2D eigenvalue weighted by atomic mass is 9.87.